The van der Waals surface area contributed by atoms with Gasteiger partial charge in [-0.15, -0.1) is 0 Å². The molecule has 0 saturated heterocycles. The average molecular weight is 450 g/mol. The minimum atomic E-state index is -4.65. The standard InChI is InChI=1S/C21H18F4N4O3/c22-14-5-6-17(18(8-14)32-12-21(23,24)25)29-7-1-2-16(20(29)31)19(30)27-15-9-26-28(11-15)10-13-3-4-13/h1-2,5-9,11,13H,3-4,10,12H2,(H,27,30). The summed E-state index contributed by atoms with van der Waals surface area (Å²) < 4.78 is 58.6. The minimum Gasteiger partial charge on any atom is -0.482 e. The molecule has 0 aliphatic heterocycles. The molecule has 1 N–H and O–H groups in total. The predicted molar refractivity (Wildman–Crippen MR) is 106 cm³/mol. The van der Waals surface area contributed by atoms with Crippen molar-refractivity contribution in [2.75, 3.05) is 11.9 Å². The van der Waals surface area contributed by atoms with Crippen LogP contribution in [-0.2, 0) is 6.54 Å². The molecule has 2 heterocycles. The Morgan fingerprint density at radius 3 is 2.75 bits per heavy atom. The number of ether oxygens (including phenoxy) is 1. The van der Waals surface area contributed by atoms with Crippen LogP contribution in [0.3, 0.4) is 0 Å². The number of hydrogen-bond acceptors (Lipinski definition) is 4. The zero-order valence-electron chi connectivity index (χ0n) is 16.6. The molecule has 11 heteroatoms. The van der Waals surface area contributed by atoms with Gasteiger partial charge in [0.15, 0.2) is 6.61 Å². The minimum absolute atomic E-state index is 0.132. The first kappa shape index (κ1) is 21.6. The maximum Gasteiger partial charge on any atom is 0.422 e. The Balaban J connectivity index is 1.59. The van der Waals surface area contributed by atoms with Crippen molar-refractivity contribution in [2.45, 2.75) is 25.6 Å². The topological polar surface area (TPSA) is 78.2 Å². The van der Waals surface area contributed by atoms with E-state index in [-0.39, 0.29) is 11.3 Å². The second-order valence-corrected chi connectivity index (χ2v) is 7.46. The summed E-state index contributed by atoms with van der Waals surface area (Å²) >= 11 is 0. The van der Waals surface area contributed by atoms with Crippen LogP contribution in [0.25, 0.3) is 5.69 Å². The summed E-state index contributed by atoms with van der Waals surface area (Å²) in [5, 5.41) is 6.75. The lowest BCUT2D eigenvalue weighted by atomic mass is 10.2. The van der Waals surface area contributed by atoms with Crippen molar-refractivity contribution in [3.63, 3.8) is 0 Å². The molecule has 1 aliphatic rings. The summed E-state index contributed by atoms with van der Waals surface area (Å²) in [6.07, 6.45) is 2.00. The first-order valence-electron chi connectivity index (χ1n) is 9.74. The lowest BCUT2D eigenvalue weighted by Crippen LogP contribution is -2.28. The third-order valence-electron chi connectivity index (χ3n) is 4.80. The molecule has 0 spiro atoms. The van der Waals surface area contributed by atoms with Crippen LogP contribution in [0.2, 0.25) is 0 Å². The smallest absolute Gasteiger partial charge is 0.422 e. The Bertz CT molecular complexity index is 1200. The van der Waals surface area contributed by atoms with Gasteiger partial charge in [-0.25, -0.2) is 4.39 Å². The van der Waals surface area contributed by atoms with E-state index in [0.29, 0.717) is 11.6 Å². The fourth-order valence-corrected chi connectivity index (χ4v) is 3.11. The summed E-state index contributed by atoms with van der Waals surface area (Å²) in [4.78, 5) is 25.6. The summed E-state index contributed by atoms with van der Waals surface area (Å²) in [5.41, 5.74) is -0.790. The number of halogens is 4. The Morgan fingerprint density at radius 2 is 2.03 bits per heavy atom. The highest BCUT2D eigenvalue weighted by Gasteiger charge is 2.29. The van der Waals surface area contributed by atoms with Crippen LogP contribution in [0.15, 0.2) is 53.7 Å². The molecule has 0 unspecified atom stereocenters. The van der Waals surface area contributed by atoms with E-state index in [2.05, 4.69) is 10.4 Å². The van der Waals surface area contributed by atoms with E-state index in [4.69, 9.17) is 4.74 Å². The molecular formula is C21H18F4N4O3. The number of carbonyl (C=O) groups is 1. The van der Waals surface area contributed by atoms with Gasteiger partial charge in [0.25, 0.3) is 11.5 Å². The van der Waals surface area contributed by atoms with E-state index in [1.165, 1.54) is 24.5 Å². The summed E-state index contributed by atoms with van der Waals surface area (Å²) in [7, 11) is 0. The quantitative estimate of drug-likeness (QED) is 0.556. The molecule has 4 rings (SSSR count). The summed E-state index contributed by atoms with van der Waals surface area (Å²) in [6, 6.07) is 5.48. The lowest BCUT2D eigenvalue weighted by molar-refractivity contribution is -0.153. The van der Waals surface area contributed by atoms with Crippen LogP contribution < -0.4 is 15.6 Å². The van der Waals surface area contributed by atoms with E-state index in [9.17, 15) is 27.2 Å². The zero-order chi connectivity index (χ0) is 22.9. The van der Waals surface area contributed by atoms with E-state index in [0.717, 1.165) is 42.2 Å². The molecule has 1 aliphatic carbocycles. The van der Waals surface area contributed by atoms with Gasteiger partial charge < -0.3 is 10.1 Å². The highest BCUT2D eigenvalue weighted by Crippen LogP contribution is 2.30. The van der Waals surface area contributed by atoms with Gasteiger partial charge in [0, 0.05) is 25.0 Å². The third kappa shape index (κ3) is 5.16. The van der Waals surface area contributed by atoms with Crippen LogP contribution in [0.5, 0.6) is 5.75 Å². The van der Waals surface area contributed by atoms with Gasteiger partial charge in [0.2, 0.25) is 0 Å². The van der Waals surface area contributed by atoms with E-state index in [1.807, 2.05) is 0 Å². The zero-order valence-corrected chi connectivity index (χ0v) is 16.6. The van der Waals surface area contributed by atoms with E-state index >= 15 is 0 Å². The summed E-state index contributed by atoms with van der Waals surface area (Å²) in [6.45, 7) is -0.914. The maximum atomic E-state index is 13.6. The van der Waals surface area contributed by atoms with Gasteiger partial charge in [-0.3, -0.25) is 18.8 Å². The fourth-order valence-electron chi connectivity index (χ4n) is 3.11. The molecular weight excluding hydrogens is 432 g/mol. The lowest BCUT2D eigenvalue weighted by Gasteiger charge is -2.15. The van der Waals surface area contributed by atoms with E-state index < -0.39 is 35.8 Å². The number of carbonyl (C=O) groups excluding carboxylic acids is 1. The van der Waals surface area contributed by atoms with Crippen LogP contribution in [-0.4, -0.2) is 33.0 Å². The number of rotatable bonds is 7. The van der Waals surface area contributed by atoms with Crippen LogP contribution in [0, 0.1) is 11.7 Å². The molecule has 3 aromatic rings. The molecule has 0 atom stereocenters. The molecule has 1 fully saturated rings. The normalized spacial score (nSPS) is 13.8. The highest BCUT2D eigenvalue weighted by atomic mass is 19.4. The number of nitrogens with one attached hydrogen (secondary N) is 1. The number of anilines is 1. The molecule has 1 saturated carbocycles. The second kappa shape index (κ2) is 8.48. The highest BCUT2D eigenvalue weighted by molar-refractivity contribution is 6.03. The van der Waals surface area contributed by atoms with Crippen molar-refractivity contribution in [2.24, 2.45) is 5.92 Å². The van der Waals surface area contributed by atoms with Crippen LogP contribution in [0.1, 0.15) is 23.2 Å². The van der Waals surface area contributed by atoms with Crippen molar-refractivity contribution in [1.82, 2.24) is 14.3 Å². The predicted octanol–water partition coefficient (Wildman–Crippen LogP) is 3.78. The second-order valence-electron chi connectivity index (χ2n) is 7.46. The molecule has 0 radical (unpaired) electrons. The molecule has 2 aromatic heterocycles. The number of aromatic nitrogens is 3. The number of amides is 1. The first-order valence-corrected chi connectivity index (χ1v) is 9.74. The Hall–Kier alpha value is -3.63. The molecule has 1 amide bonds. The number of nitrogens with zero attached hydrogens (tertiary/aromatic N) is 3. The Morgan fingerprint density at radius 1 is 1.25 bits per heavy atom. The fraction of sp³-hybridized carbons (Fsp3) is 0.286. The van der Waals surface area contributed by atoms with Crippen molar-refractivity contribution >= 4 is 11.6 Å². The van der Waals surface area contributed by atoms with Crippen LogP contribution >= 0.6 is 0 Å². The van der Waals surface area contributed by atoms with Crippen LogP contribution in [0.4, 0.5) is 23.2 Å². The monoisotopic (exact) mass is 450 g/mol. The third-order valence-corrected chi connectivity index (χ3v) is 4.80. The van der Waals surface area contributed by atoms with E-state index in [1.54, 1.807) is 10.9 Å². The van der Waals surface area contributed by atoms with Gasteiger partial charge in [-0.1, -0.05) is 0 Å². The SMILES string of the molecule is O=C(Nc1cnn(CC2CC2)c1)c1cccn(-c2ccc(F)cc2OCC(F)(F)F)c1=O. The number of alkyl halides is 3. The number of benzene rings is 1. The van der Waals surface area contributed by atoms with Crippen molar-refractivity contribution in [1.29, 1.82) is 0 Å². The molecule has 7 nitrogen and oxygen atoms in total. The van der Waals surface area contributed by atoms with Gasteiger partial charge in [-0.05, 0) is 43.0 Å². The average Bonchev–Trinajstić information content (AvgIpc) is 3.43. The van der Waals surface area contributed by atoms with Gasteiger partial charge in [0.05, 0.1) is 17.6 Å². The summed E-state index contributed by atoms with van der Waals surface area (Å²) in [5.74, 6) is -1.45. The van der Waals surface area contributed by atoms with Gasteiger partial charge in [-0.2, -0.15) is 18.3 Å². The Labute approximate surface area is 179 Å². The van der Waals surface area contributed by atoms with Crippen molar-refractivity contribution in [3.8, 4) is 11.4 Å². The molecule has 168 valence electrons. The van der Waals surface area contributed by atoms with Crippen molar-refractivity contribution < 1.29 is 27.1 Å². The largest absolute Gasteiger partial charge is 0.482 e. The number of pyridine rings is 1. The van der Waals surface area contributed by atoms with Gasteiger partial charge in [0.1, 0.15) is 17.1 Å². The molecule has 32 heavy (non-hydrogen) atoms. The van der Waals surface area contributed by atoms with Crippen molar-refractivity contribution in [3.05, 3.63) is 70.7 Å². The molecule has 1 aromatic carbocycles. The molecule has 0 bridgehead atoms. The maximum absolute atomic E-state index is 13.6. The van der Waals surface area contributed by atoms with Gasteiger partial charge >= 0.3 is 6.18 Å². The number of hydrogen-bond donors (Lipinski definition) is 1. The Kier molecular flexibility index (Phi) is 5.72. The first-order chi connectivity index (χ1) is 15.2.